The predicted octanol–water partition coefficient (Wildman–Crippen LogP) is 6.15. The van der Waals surface area contributed by atoms with Gasteiger partial charge >= 0.3 is 11.8 Å². The first-order valence-corrected chi connectivity index (χ1v) is 12.0. The fourth-order valence-corrected chi connectivity index (χ4v) is 3.61. The molecule has 0 atom stereocenters. The predicted molar refractivity (Wildman–Crippen MR) is 150 cm³/mol. The van der Waals surface area contributed by atoms with Gasteiger partial charge in [-0.15, -0.1) is 0 Å². The number of fused-ring (bicyclic) bond motifs is 2. The molecule has 3 aromatic heterocycles. The molecule has 0 unspecified atom stereocenters. The Balaban J connectivity index is 0.000000185. The third-order valence-corrected chi connectivity index (χ3v) is 5.70. The van der Waals surface area contributed by atoms with E-state index in [0.717, 1.165) is 28.0 Å². The van der Waals surface area contributed by atoms with Crippen molar-refractivity contribution in [2.45, 2.75) is 54.6 Å². The zero-order chi connectivity index (χ0) is 27.9. The zero-order valence-corrected chi connectivity index (χ0v) is 22.3. The normalized spacial score (nSPS) is 12.3. The lowest BCUT2D eigenvalue weighted by atomic mass is 10.1. The molecule has 0 spiro atoms. The largest absolute Gasteiger partial charge is 0.432 e. The van der Waals surface area contributed by atoms with Gasteiger partial charge in [-0.3, -0.25) is 9.67 Å². The van der Waals surface area contributed by atoms with Crippen LogP contribution >= 0.6 is 0 Å². The minimum atomic E-state index is -3.01. The number of ether oxygens (including phenoxy) is 1. The van der Waals surface area contributed by atoms with Crippen LogP contribution in [0.5, 0.6) is 5.75 Å². The summed E-state index contributed by atoms with van der Waals surface area (Å²) in [6, 6.07) is 13.6. The van der Waals surface area contributed by atoms with Crippen molar-refractivity contribution in [2.75, 3.05) is 0 Å². The molecule has 208 valence electrons. The Morgan fingerprint density at radius 1 is 0.897 bits per heavy atom. The number of hydrogen-bond acceptors (Lipinski definition) is 5. The Kier molecular flexibility index (Phi) is 10.7. The van der Waals surface area contributed by atoms with Crippen LogP contribution in [-0.2, 0) is 13.5 Å². The number of hydrogen-bond donors (Lipinski definition) is 2. The fraction of sp³-hybridized carbons (Fsp3) is 0.310. The van der Waals surface area contributed by atoms with Crippen LogP contribution in [0, 0.1) is 34.6 Å². The van der Waals surface area contributed by atoms with Crippen LogP contribution in [0.3, 0.4) is 0 Å². The molecule has 6 rings (SSSR count). The van der Waals surface area contributed by atoms with Crippen LogP contribution in [0.1, 0.15) is 41.1 Å². The lowest BCUT2D eigenvalue weighted by molar-refractivity contribution is -0.159. The molecule has 0 aliphatic carbocycles. The summed E-state index contributed by atoms with van der Waals surface area (Å²) in [7, 11) is 1.85. The molecule has 0 saturated carbocycles. The van der Waals surface area contributed by atoms with Crippen LogP contribution in [0.25, 0.3) is 11.0 Å². The summed E-state index contributed by atoms with van der Waals surface area (Å²) in [5, 5.41) is 3.92. The van der Waals surface area contributed by atoms with Gasteiger partial charge in [0.05, 0.1) is 23.7 Å². The number of H-pyrrole nitrogens is 2. The van der Waals surface area contributed by atoms with Crippen LogP contribution in [0.4, 0.5) is 8.78 Å². The van der Waals surface area contributed by atoms with Crippen molar-refractivity contribution in [1.82, 2.24) is 29.7 Å². The summed E-state index contributed by atoms with van der Waals surface area (Å²) >= 11 is 0. The summed E-state index contributed by atoms with van der Waals surface area (Å²) in [5.74, 6) is 1.17. The Bertz CT molecular complexity index is 1520. The Labute approximate surface area is 227 Å². The number of imidazole rings is 1. The number of nitrogens with one attached hydrogen (secondary N) is 2. The molecule has 0 amide bonds. The minimum Gasteiger partial charge on any atom is -0.432 e. The highest BCUT2D eigenvalue weighted by Crippen LogP contribution is 2.38. The second kappa shape index (κ2) is 13.5. The Morgan fingerprint density at radius 3 is 2.03 bits per heavy atom. The van der Waals surface area contributed by atoms with Crippen molar-refractivity contribution in [1.29, 1.82) is 0 Å². The SMILES string of the molecule is C.Cc1cccc2c1OC(F)(F)C2.Cc1ccccc1C.Cc1cncc2[nH]c(=O)[nH]c12.Cc1ncn(C)n1. The molecule has 1 aliphatic rings. The molecular weight excluding hydrogens is 502 g/mol. The first-order valence-electron chi connectivity index (χ1n) is 12.0. The van der Waals surface area contributed by atoms with E-state index in [-0.39, 0.29) is 19.5 Å². The van der Waals surface area contributed by atoms with E-state index < -0.39 is 6.11 Å². The quantitative estimate of drug-likeness (QED) is 0.246. The number of aromatic nitrogens is 6. The van der Waals surface area contributed by atoms with Crippen LogP contribution < -0.4 is 10.4 Å². The average Bonchev–Trinajstić information content (AvgIpc) is 3.53. The molecule has 0 saturated heterocycles. The van der Waals surface area contributed by atoms with Gasteiger partial charge in [-0.2, -0.15) is 13.9 Å². The third-order valence-electron chi connectivity index (χ3n) is 5.70. The van der Waals surface area contributed by atoms with Crippen molar-refractivity contribution >= 4 is 11.0 Å². The van der Waals surface area contributed by atoms with E-state index in [2.05, 4.69) is 67.9 Å². The molecule has 5 aromatic rings. The van der Waals surface area contributed by atoms with Gasteiger partial charge in [-0.05, 0) is 56.9 Å². The molecule has 0 radical (unpaired) electrons. The van der Waals surface area contributed by atoms with Crippen molar-refractivity contribution in [3.05, 3.63) is 105 Å². The highest BCUT2D eigenvalue weighted by atomic mass is 19.3. The smallest absolute Gasteiger partial charge is 0.402 e. The van der Waals surface area contributed by atoms with Gasteiger partial charge in [0.1, 0.15) is 17.9 Å². The van der Waals surface area contributed by atoms with Gasteiger partial charge in [0.25, 0.3) is 0 Å². The maximum atomic E-state index is 12.7. The average molecular weight is 539 g/mol. The molecule has 8 nitrogen and oxygen atoms in total. The van der Waals surface area contributed by atoms with Gasteiger partial charge in [-0.1, -0.05) is 49.9 Å². The van der Waals surface area contributed by atoms with Crippen LogP contribution in [-0.4, -0.2) is 35.8 Å². The molecule has 0 fully saturated rings. The van der Waals surface area contributed by atoms with Gasteiger partial charge in [0, 0.05) is 18.8 Å². The van der Waals surface area contributed by atoms with Crippen LogP contribution in [0.15, 0.2) is 66.0 Å². The number of pyridine rings is 1. The number of nitrogens with zero attached hydrogens (tertiary/aromatic N) is 4. The zero-order valence-electron chi connectivity index (χ0n) is 22.3. The lowest BCUT2D eigenvalue weighted by Crippen LogP contribution is -2.20. The van der Waals surface area contributed by atoms with E-state index in [1.165, 1.54) is 11.1 Å². The second-order valence-corrected chi connectivity index (χ2v) is 8.99. The Morgan fingerprint density at radius 2 is 1.54 bits per heavy atom. The van der Waals surface area contributed by atoms with Gasteiger partial charge in [-0.25, -0.2) is 9.78 Å². The van der Waals surface area contributed by atoms with Gasteiger partial charge in [0.2, 0.25) is 0 Å². The van der Waals surface area contributed by atoms with Gasteiger partial charge < -0.3 is 14.7 Å². The van der Waals surface area contributed by atoms with Crippen molar-refractivity contribution in [2.24, 2.45) is 7.05 Å². The number of para-hydroxylation sites is 1. The fourth-order valence-electron chi connectivity index (χ4n) is 3.61. The summed E-state index contributed by atoms with van der Waals surface area (Å²) < 4.78 is 31.6. The minimum absolute atomic E-state index is 0. The van der Waals surface area contributed by atoms with Crippen molar-refractivity contribution in [3.63, 3.8) is 0 Å². The van der Waals surface area contributed by atoms with E-state index in [4.69, 9.17) is 0 Å². The molecule has 39 heavy (non-hydrogen) atoms. The maximum absolute atomic E-state index is 12.7. The van der Waals surface area contributed by atoms with Crippen molar-refractivity contribution < 1.29 is 13.5 Å². The summed E-state index contributed by atoms with van der Waals surface area (Å²) in [4.78, 5) is 23.9. The number of rotatable bonds is 0. The van der Waals surface area contributed by atoms with Crippen molar-refractivity contribution in [3.8, 4) is 5.75 Å². The molecule has 2 N–H and O–H groups in total. The number of aromatic amines is 2. The number of benzene rings is 2. The van der Waals surface area contributed by atoms with E-state index >= 15 is 0 Å². The Hall–Kier alpha value is -4.34. The first kappa shape index (κ1) is 30.9. The highest BCUT2D eigenvalue weighted by molar-refractivity contribution is 5.76. The molecule has 1 aliphatic heterocycles. The van der Waals surface area contributed by atoms with E-state index in [1.807, 2.05) is 20.9 Å². The molecule has 2 aromatic carbocycles. The molecule has 10 heteroatoms. The van der Waals surface area contributed by atoms with E-state index in [0.29, 0.717) is 11.3 Å². The molecule has 0 bridgehead atoms. The lowest BCUT2D eigenvalue weighted by Gasteiger charge is -2.08. The van der Waals surface area contributed by atoms with E-state index in [1.54, 1.807) is 48.5 Å². The summed E-state index contributed by atoms with van der Waals surface area (Å²) in [6.45, 7) is 9.77. The standard InChI is InChI=1S/C9H8F2O.C8H10.C7H7N3O.C4H7N3.CH4/c1-6-3-2-4-7-5-9(10,11)12-8(6)7;1-7-5-3-4-6-8(7)2;1-4-2-8-3-5-6(4)10-7(11)9-5;1-4-5-3-7(2)6-4;/h2-4H,5H2,1H3;3-6H,1-2H3;2-3H,1H3,(H2,9,10,11);3H,1-2H3;1H4. The summed E-state index contributed by atoms with van der Waals surface area (Å²) in [6.07, 6.45) is 1.71. The first-order chi connectivity index (χ1) is 17.9. The number of aryl methyl sites for hydroxylation is 6. The topological polar surface area (TPSA) is 101 Å². The van der Waals surface area contributed by atoms with Gasteiger partial charge in [0.15, 0.2) is 0 Å². The third kappa shape index (κ3) is 8.87. The second-order valence-electron chi connectivity index (χ2n) is 8.99. The molecule has 4 heterocycles. The molecular formula is C29H36F2N6O2. The van der Waals surface area contributed by atoms with E-state index in [9.17, 15) is 13.6 Å². The monoisotopic (exact) mass is 538 g/mol. The highest BCUT2D eigenvalue weighted by Gasteiger charge is 2.40. The number of alkyl halides is 2. The maximum Gasteiger partial charge on any atom is 0.402 e. The summed E-state index contributed by atoms with van der Waals surface area (Å²) in [5.41, 5.74) is 6.49. The van der Waals surface area contributed by atoms with Crippen LogP contribution in [0.2, 0.25) is 0 Å². The number of halogens is 2.